The number of hydrogen-bond acceptors (Lipinski definition) is 0. The van der Waals surface area contributed by atoms with Crippen LogP contribution in [0.3, 0.4) is 0 Å². The van der Waals surface area contributed by atoms with Gasteiger partial charge >= 0.3 is 0 Å². The lowest BCUT2D eigenvalue weighted by molar-refractivity contribution is -0.344. The smallest absolute Gasteiger partial charge is 0.207 e. The molecule has 0 bridgehead atoms. The van der Waals surface area contributed by atoms with Gasteiger partial charge in [-0.2, -0.15) is 0 Å². The van der Waals surface area contributed by atoms with Gasteiger partial charge in [-0.1, -0.05) is 44.5 Å². The summed E-state index contributed by atoms with van der Waals surface area (Å²) in [4.78, 5) is 0. The van der Waals surface area contributed by atoms with E-state index in [4.69, 9.17) is 0 Å². The molecule has 0 atom stereocenters. The third kappa shape index (κ3) is 3.38. The zero-order valence-electron chi connectivity index (χ0n) is 14.5. The highest BCUT2D eigenvalue weighted by Crippen LogP contribution is 2.30. The molecular weight excluding hydrogens is 292 g/mol. The first-order valence-electron chi connectivity index (χ1n) is 8.82. The van der Waals surface area contributed by atoms with Gasteiger partial charge in [0.25, 0.3) is 0 Å². The fraction of sp³-hybridized carbons (Fsp3) is 0.273. The van der Waals surface area contributed by atoms with Gasteiger partial charge in [0.15, 0.2) is 0 Å². The first-order chi connectivity index (χ1) is 11.7. The van der Waals surface area contributed by atoms with E-state index in [-0.39, 0.29) is 0 Å². The fourth-order valence-electron chi connectivity index (χ4n) is 3.00. The summed E-state index contributed by atoms with van der Waals surface area (Å²) in [6.45, 7) is 4.35. The molecule has 0 amide bonds. The van der Waals surface area contributed by atoms with Crippen molar-refractivity contribution in [3.8, 4) is 0 Å². The molecule has 0 spiro atoms. The Balaban J connectivity index is 1.74. The monoisotopic (exact) mass is 316 g/mol. The molecule has 0 unspecified atom stereocenters. The number of allylic oxidation sites excluding steroid dienone is 2. The zero-order chi connectivity index (χ0) is 16.9. The molecule has 0 saturated carbocycles. The highest BCUT2D eigenvalue weighted by atomic mass is 15.2. The van der Waals surface area contributed by atoms with Gasteiger partial charge in [0.2, 0.25) is 11.4 Å². The molecule has 0 aliphatic carbocycles. The van der Waals surface area contributed by atoms with Crippen LogP contribution in [0.4, 0.5) is 0 Å². The lowest BCUT2D eigenvalue weighted by Crippen LogP contribution is -2.01. The molecule has 122 valence electrons. The minimum absolute atomic E-state index is 0.822. The maximum atomic E-state index is 10.6. The van der Waals surface area contributed by atoms with Crippen molar-refractivity contribution >= 4 is 11.4 Å². The van der Waals surface area contributed by atoms with Crippen LogP contribution in [-0.4, -0.2) is 4.70 Å². The van der Waals surface area contributed by atoms with Gasteiger partial charge in [-0.05, 0) is 54.7 Å². The van der Waals surface area contributed by atoms with E-state index in [2.05, 4.69) is 62.4 Å². The van der Waals surface area contributed by atoms with Crippen LogP contribution in [0, 0.1) is 0 Å². The molecule has 0 saturated heterocycles. The molecule has 2 heteroatoms. The Morgan fingerprint density at radius 3 is 1.71 bits per heavy atom. The Labute approximate surface area is 144 Å². The van der Waals surface area contributed by atoms with E-state index in [0.29, 0.717) is 0 Å². The molecule has 0 radical (unpaired) electrons. The maximum Gasteiger partial charge on any atom is 0.207 e. The van der Waals surface area contributed by atoms with E-state index >= 15 is 0 Å². The number of unbranched alkanes of at least 4 members (excludes halogenated alkanes) is 1. The molecular formula is C22H24N2. The van der Waals surface area contributed by atoms with Gasteiger partial charge in [0.1, 0.15) is 0 Å². The molecule has 2 nitrogen and oxygen atoms in total. The summed E-state index contributed by atoms with van der Waals surface area (Å²) in [5, 5.41) is 0. The van der Waals surface area contributed by atoms with Crippen molar-refractivity contribution in [3.05, 3.63) is 88.5 Å². The van der Waals surface area contributed by atoms with Crippen LogP contribution in [-0.2, 0) is 12.8 Å². The van der Waals surface area contributed by atoms with Crippen molar-refractivity contribution in [2.45, 2.75) is 39.5 Å². The van der Waals surface area contributed by atoms with E-state index in [1.807, 2.05) is 12.2 Å². The summed E-state index contributed by atoms with van der Waals surface area (Å²) in [6, 6.07) is 16.9. The Morgan fingerprint density at radius 1 is 0.750 bits per heavy atom. The van der Waals surface area contributed by atoms with Crippen LogP contribution in [0.15, 0.2) is 60.7 Å². The van der Waals surface area contributed by atoms with Crippen molar-refractivity contribution in [3.63, 3.8) is 0 Å². The van der Waals surface area contributed by atoms with Crippen LogP contribution in [0.25, 0.3) is 16.9 Å². The molecule has 0 N–H and O–H groups in total. The SMILES string of the molecule is CCCCc1ccc(C2=CC=C(c3ccc(CC)cc3)[N+]2=[N-])cc1. The standard InChI is InChI=1S/C22H24N2/c1-3-5-6-18-9-13-20(14-10-18)22-16-15-21(24(22)23)19-11-7-17(4-2)8-12-19/h7-16H,3-6H2,1-2H3. The summed E-state index contributed by atoms with van der Waals surface area (Å²) < 4.78 is 1.29. The Hall–Kier alpha value is -2.48. The van der Waals surface area contributed by atoms with E-state index in [9.17, 15) is 5.53 Å². The quantitative estimate of drug-likeness (QED) is 0.582. The molecule has 0 aromatic heterocycles. The van der Waals surface area contributed by atoms with Crippen LogP contribution < -0.4 is 0 Å². The summed E-state index contributed by atoms with van der Waals surface area (Å²) in [6.07, 6.45) is 8.52. The average molecular weight is 316 g/mol. The van der Waals surface area contributed by atoms with Crippen LogP contribution in [0.5, 0.6) is 0 Å². The molecule has 2 aromatic carbocycles. The first-order valence-corrected chi connectivity index (χ1v) is 8.82. The minimum atomic E-state index is 0.822. The number of benzene rings is 2. The average Bonchev–Trinajstić information content (AvgIpc) is 3.02. The van der Waals surface area contributed by atoms with Crippen molar-refractivity contribution in [1.29, 1.82) is 0 Å². The third-order valence-corrected chi connectivity index (χ3v) is 4.58. The Kier molecular flexibility index (Phi) is 5.05. The van der Waals surface area contributed by atoms with E-state index < -0.39 is 0 Å². The molecule has 24 heavy (non-hydrogen) atoms. The molecule has 0 fully saturated rings. The molecule has 1 heterocycles. The van der Waals surface area contributed by atoms with Crippen molar-refractivity contribution in [2.24, 2.45) is 0 Å². The maximum absolute atomic E-state index is 10.6. The first kappa shape index (κ1) is 16.4. The normalized spacial score (nSPS) is 13.8. The predicted molar refractivity (Wildman–Crippen MR) is 100 cm³/mol. The topological polar surface area (TPSA) is 25.3 Å². The molecule has 1 aliphatic heterocycles. The van der Waals surface area contributed by atoms with Gasteiger partial charge in [-0.25, -0.2) is 4.70 Å². The summed E-state index contributed by atoms with van der Waals surface area (Å²) in [7, 11) is 0. The number of hydrogen-bond donors (Lipinski definition) is 0. The van der Waals surface area contributed by atoms with Crippen molar-refractivity contribution in [1.82, 2.24) is 0 Å². The third-order valence-electron chi connectivity index (χ3n) is 4.58. The Morgan fingerprint density at radius 2 is 1.25 bits per heavy atom. The molecule has 3 rings (SSSR count). The van der Waals surface area contributed by atoms with E-state index in [1.54, 1.807) is 0 Å². The number of aryl methyl sites for hydroxylation is 2. The van der Waals surface area contributed by atoms with Crippen LogP contribution in [0.2, 0.25) is 0 Å². The van der Waals surface area contributed by atoms with Gasteiger partial charge in [0, 0.05) is 23.3 Å². The van der Waals surface area contributed by atoms with Gasteiger partial charge in [0.05, 0.1) is 0 Å². The zero-order valence-corrected chi connectivity index (χ0v) is 14.5. The van der Waals surface area contributed by atoms with Gasteiger partial charge in [-0.15, -0.1) is 0 Å². The van der Waals surface area contributed by atoms with Crippen molar-refractivity contribution in [2.75, 3.05) is 0 Å². The van der Waals surface area contributed by atoms with Gasteiger partial charge < -0.3 is 5.53 Å². The van der Waals surface area contributed by atoms with Crippen molar-refractivity contribution < 1.29 is 4.70 Å². The van der Waals surface area contributed by atoms with Crippen LogP contribution in [0.1, 0.15) is 48.9 Å². The second-order valence-corrected chi connectivity index (χ2v) is 6.27. The van der Waals surface area contributed by atoms with E-state index in [1.165, 1.54) is 28.7 Å². The summed E-state index contributed by atoms with van der Waals surface area (Å²) in [5.74, 6) is 0. The number of nitrogens with zero attached hydrogens (tertiary/aromatic N) is 2. The second kappa shape index (κ2) is 7.39. The predicted octanol–water partition coefficient (Wildman–Crippen LogP) is 6.02. The number of rotatable bonds is 6. The van der Waals surface area contributed by atoms with E-state index in [0.717, 1.165) is 35.4 Å². The highest BCUT2D eigenvalue weighted by Gasteiger charge is 2.22. The van der Waals surface area contributed by atoms with Gasteiger partial charge in [-0.3, -0.25) is 0 Å². The summed E-state index contributed by atoms with van der Waals surface area (Å²) in [5.41, 5.74) is 17.0. The lowest BCUT2D eigenvalue weighted by Gasteiger charge is -2.09. The largest absolute Gasteiger partial charge is 0.493 e. The molecule has 1 aliphatic rings. The van der Waals surface area contributed by atoms with Crippen LogP contribution >= 0.6 is 0 Å². The Bertz CT molecular complexity index is 778. The minimum Gasteiger partial charge on any atom is -0.493 e. The highest BCUT2D eigenvalue weighted by molar-refractivity contribution is 5.74. The summed E-state index contributed by atoms with van der Waals surface area (Å²) >= 11 is 0. The second-order valence-electron chi connectivity index (χ2n) is 6.27. The lowest BCUT2D eigenvalue weighted by atomic mass is 10.0. The fourth-order valence-corrected chi connectivity index (χ4v) is 3.00. The molecule has 2 aromatic rings.